The Balaban J connectivity index is 3.41. The van der Waals surface area contributed by atoms with Crippen LogP contribution in [-0.2, 0) is 6.18 Å². The summed E-state index contributed by atoms with van der Waals surface area (Å²) in [5.41, 5.74) is -1.89. The van der Waals surface area contributed by atoms with Crippen LogP contribution < -0.4 is 0 Å². The molecular weight excluding hydrogens is 222 g/mol. The molecule has 0 N–H and O–H groups in total. The molecule has 0 saturated carbocycles. The van der Waals surface area contributed by atoms with Gasteiger partial charge >= 0.3 is 6.18 Å². The summed E-state index contributed by atoms with van der Waals surface area (Å²) in [5, 5.41) is 8.04. The van der Waals surface area contributed by atoms with Gasteiger partial charge in [0.15, 0.2) is 0 Å². The van der Waals surface area contributed by atoms with Gasteiger partial charge in [-0.3, -0.25) is 0 Å². The average Bonchev–Trinajstić information content (AvgIpc) is 2.02. The van der Waals surface area contributed by atoms with E-state index in [1.54, 1.807) is 0 Å². The predicted molar refractivity (Wildman–Crippen MR) is 41.1 cm³/mol. The van der Waals surface area contributed by atoms with Gasteiger partial charge in [0.2, 0.25) is 0 Å². The number of halogens is 5. The van der Waals surface area contributed by atoms with Crippen LogP contribution in [0.2, 0.25) is 5.02 Å². The zero-order chi connectivity index (χ0) is 10.9. The van der Waals surface area contributed by atoms with Crippen LogP contribution >= 0.6 is 11.6 Å². The second-order valence-electron chi connectivity index (χ2n) is 2.42. The fraction of sp³-hybridized carbons (Fsp3) is 0.125. The van der Waals surface area contributed by atoms with Crippen LogP contribution in [0.3, 0.4) is 0 Å². The number of rotatable bonds is 0. The Labute approximate surface area is 81.5 Å². The summed E-state index contributed by atoms with van der Waals surface area (Å²) in [4.78, 5) is 0. The highest BCUT2D eigenvalue weighted by molar-refractivity contribution is 6.31. The zero-order valence-corrected chi connectivity index (χ0v) is 7.25. The number of benzene rings is 1. The third-order valence-electron chi connectivity index (χ3n) is 1.48. The highest BCUT2D eigenvalue weighted by Gasteiger charge is 2.34. The molecule has 0 aliphatic rings. The second-order valence-corrected chi connectivity index (χ2v) is 2.83. The van der Waals surface area contributed by atoms with E-state index in [0.717, 1.165) is 0 Å². The minimum absolute atomic E-state index is 0.335. The maximum Gasteiger partial charge on any atom is 0.419 e. The van der Waals surface area contributed by atoms with E-state index in [9.17, 15) is 17.6 Å². The summed E-state index contributed by atoms with van der Waals surface area (Å²) < 4.78 is 49.1. The van der Waals surface area contributed by atoms with Crippen molar-refractivity contribution in [3.05, 3.63) is 34.1 Å². The Hall–Kier alpha value is -1.28. The molecule has 0 aromatic heterocycles. The Kier molecular flexibility index (Phi) is 2.67. The quantitative estimate of drug-likeness (QED) is 0.619. The van der Waals surface area contributed by atoms with Crippen molar-refractivity contribution in [2.24, 2.45) is 0 Å². The lowest BCUT2D eigenvalue weighted by atomic mass is 10.1. The lowest BCUT2D eigenvalue weighted by Gasteiger charge is -2.08. The fourth-order valence-corrected chi connectivity index (χ4v) is 1.04. The van der Waals surface area contributed by atoms with Crippen molar-refractivity contribution >= 4 is 11.6 Å². The molecule has 0 saturated heterocycles. The number of hydrogen-bond acceptors (Lipinski definition) is 1. The average molecular weight is 224 g/mol. The molecule has 0 aliphatic heterocycles. The molecule has 0 fully saturated rings. The van der Waals surface area contributed by atoms with E-state index in [-0.39, 0.29) is 5.02 Å². The Morgan fingerprint density at radius 2 is 1.86 bits per heavy atom. The Bertz CT molecular complexity index is 405. The SMILES string of the molecule is N#Cc1cc(C(F)(F)F)c(F)cc1Cl. The Morgan fingerprint density at radius 1 is 1.29 bits per heavy atom. The molecule has 0 atom stereocenters. The molecule has 0 bridgehead atoms. The van der Waals surface area contributed by atoms with E-state index >= 15 is 0 Å². The monoisotopic (exact) mass is 223 g/mol. The zero-order valence-electron chi connectivity index (χ0n) is 6.49. The molecule has 1 rings (SSSR count). The summed E-state index contributed by atoms with van der Waals surface area (Å²) in [6, 6.07) is 2.30. The smallest absolute Gasteiger partial charge is 0.206 e. The minimum atomic E-state index is -4.82. The first-order chi connectivity index (χ1) is 6.36. The summed E-state index contributed by atoms with van der Waals surface area (Å²) in [6.07, 6.45) is -4.82. The third kappa shape index (κ3) is 1.96. The van der Waals surface area contributed by atoms with Gasteiger partial charge in [0, 0.05) is 0 Å². The molecule has 1 aromatic rings. The Morgan fingerprint density at radius 3 is 2.29 bits per heavy atom. The van der Waals surface area contributed by atoms with Gasteiger partial charge in [-0.05, 0) is 12.1 Å². The summed E-state index contributed by atoms with van der Waals surface area (Å²) in [5.74, 6) is -1.48. The maximum atomic E-state index is 12.7. The van der Waals surface area contributed by atoms with Crippen LogP contribution in [0.25, 0.3) is 0 Å². The van der Waals surface area contributed by atoms with E-state index in [1.165, 1.54) is 6.07 Å². The van der Waals surface area contributed by atoms with Crippen LogP contribution in [0.1, 0.15) is 11.1 Å². The molecule has 0 spiro atoms. The first kappa shape index (κ1) is 10.8. The van der Waals surface area contributed by atoms with Gasteiger partial charge in [0.1, 0.15) is 11.9 Å². The van der Waals surface area contributed by atoms with Crippen molar-refractivity contribution in [1.29, 1.82) is 5.26 Å². The van der Waals surface area contributed by atoms with Crippen LogP contribution in [0, 0.1) is 17.1 Å². The molecule has 1 nitrogen and oxygen atoms in total. The predicted octanol–water partition coefficient (Wildman–Crippen LogP) is 3.37. The van der Waals surface area contributed by atoms with Crippen molar-refractivity contribution in [2.45, 2.75) is 6.18 Å². The van der Waals surface area contributed by atoms with Crippen molar-refractivity contribution < 1.29 is 17.6 Å². The van der Waals surface area contributed by atoms with E-state index < -0.39 is 23.1 Å². The largest absolute Gasteiger partial charge is 0.419 e. The van der Waals surface area contributed by atoms with Gasteiger partial charge in [-0.2, -0.15) is 18.4 Å². The van der Waals surface area contributed by atoms with Crippen LogP contribution in [0.5, 0.6) is 0 Å². The normalized spacial score (nSPS) is 11.1. The van der Waals surface area contributed by atoms with Crippen LogP contribution in [0.4, 0.5) is 17.6 Å². The third-order valence-corrected chi connectivity index (χ3v) is 1.80. The maximum absolute atomic E-state index is 12.7. The lowest BCUT2D eigenvalue weighted by molar-refractivity contribution is -0.140. The molecule has 0 aliphatic carbocycles. The highest BCUT2D eigenvalue weighted by Crippen LogP contribution is 2.33. The molecule has 14 heavy (non-hydrogen) atoms. The van der Waals surface area contributed by atoms with Crippen LogP contribution in [-0.4, -0.2) is 0 Å². The van der Waals surface area contributed by atoms with Gasteiger partial charge in [0.25, 0.3) is 0 Å². The van der Waals surface area contributed by atoms with Gasteiger partial charge in [0.05, 0.1) is 16.1 Å². The summed E-state index contributed by atoms with van der Waals surface area (Å²) in [6.45, 7) is 0. The molecule has 0 unspecified atom stereocenters. The molecule has 1 aromatic carbocycles. The second kappa shape index (κ2) is 3.46. The molecule has 0 amide bonds. The summed E-state index contributed by atoms with van der Waals surface area (Å²) >= 11 is 5.32. The van der Waals surface area contributed by atoms with E-state index in [2.05, 4.69) is 0 Å². The lowest BCUT2D eigenvalue weighted by Crippen LogP contribution is -2.08. The first-order valence-corrected chi connectivity index (χ1v) is 3.70. The fourth-order valence-electron chi connectivity index (χ4n) is 0.852. The molecule has 0 heterocycles. The summed E-state index contributed by atoms with van der Waals surface area (Å²) in [7, 11) is 0. The van der Waals surface area contributed by atoms with Crippen molar-refractivity contribution in [3.63, 3.8) is 0 Å². The van der Waals surface area contributed by atoms with Gasteiger partial charge < -0.3 is 0 Å². The van der Waals surface area contributed by atoms with Crippen molar-refractivity contribution in [1.82, 2.24) is 0 Å². The van der Waals surface area contributed by atoms with Crippen molar-refractivity contribution in [3.8, 4) is 6.07 Å². The topological polar surface area (TPSA) is 23.8 Å². The molecule has 74 valence electrons. The first-order valence-electron chi connectivity index (χ1n) is 3.32. The number of nitriles is 1. The number of nitrogens with zero attached hydrogens (tertiary/aromatic N) is 1. The highest BCUT2D eigenvalue weighted by atomic mass is 35.5. The molecule has 6 heteroatoms. The van der Waals surface area contributed by atoms with Gasteiger partial charge in [-0.1, -0.05) is 11.6 Å². The van der Waals surface area contributed by atoms with E-state index in [1.807, 2.05) is 0 Å². The van der Waals surface area contributed by atoms with Crippen LogP contribution in [0.15, 0.2) is 12.1 Å². The number of hydrogen-bond donors (Lipinski definition) is 0. The van der Waals surface area contributed by atoms with Gasteiger partial charge in [-0.25, -0.2) is 4.39 Å². The molecular formula is C8H2ClF4N. The number of alkyl halides is 3. The van der Waals surface area contributed by atoms with Gasteiger partial charge in [-0.15, -0.1) is 0 Å². The standard InChI is InChI=1S/C8H2ClF4N/c9-6-2-7(10)5(8(11,12)13)1-4(6)3-14/h1-2H. The van der Waals surface area contributed by atoms with E-state index in [4.69, 9.17) is 16.9 Å². The molecule has 0 radical (unpaired) electrons. The van der Waals surface area contributed by atoms with E-state index in [0.29, 0.717) is 12.1 Å². The minimum Gasteiger partial charge on any atom is -0.206 e. The van der Waals surface area contributed by atoms with Crippen molar-refractivity contribution in [2.75, 3.05) is 0 Å².